The number of nitrogens with one attached hydrogen (secondary N) is 1. The molecule has 3 rings (SSSR count). The Morgan fingerprint density at radius 2 is 2.00 bits per heavy atom. The first kappa shape index (κ1) is 20.0. The molecule has 1 N–H and O–H groups in total. The molecule has 1 amide bonds. The molecule has 3 aromatic rings. The van der Waals surface area contributed by atoms with Gasteiger partial charge in [-0.3, -0.25) is 4.79 Å². The topological polar surface area (TPSA) is 60.5 Å². The van der Waals surface area contributed by atoms with Crippen LogP contribution in [0.4, 0.5) is 8.78 Å². The Balaban J connectivity index is 1.45. The molecule has 0 bridgehead atoms. The molecule has 1 aromatic heterocycles. The van der Waals surface area contributed by atoms with Crippen LogP contribution in [0.15, 0.2) is 42.5 Å². The molecule has 2 aromatic carbocycles. The predicted octanol–water partition coefficient (Wildman–Crippen LogP) is 4.20. The van der Waals surface area contributed by atoms with Gasteiger partial charge in [-0.15, -0.1) is 11.3 Å². The first-order valence-corrected chi connectivity index (χ1v) is 9.59. The molecule has 1 heterocycles. The minimum atomic E-state index is -2.91. The average molecular weight is 406 g/mol. The maximum atomic E-state index is 12.4. The smallest absolute Gasteiger partial charge is 0.387 e. The first-order chi connectivity index (χ1) is 13.5. The van der Waals surface area contributed by atoms with E-state index >= 15 is 0 Å². The predicted molar refractivity (Wildman–Crippen MR) is 104 cm³/mol. The van der Waals surface area contributed by atoms with Gasteiger partial charge in [0.05, 0.1) is 22.3 Å². The molecule has 0 radical (unpaired) electrons. The van der Waals surface area contributed by atoms with Gasteiger partial charge in [0.1, 0.15) is 0 Å². The number of halogens is 2. The lowest BCUT2D eigenvalue weighted by Gasteiger charge is -2.11. The number of nitrogens with zero attached hydrogens (tertiary/aromatic N) is 1. The lowest BCUT2D eigenvalue weighted by Crippen LogP contribution is -2.25. The van der Waals surface area contributed by atoms with E-state index in [0.29, 0.717) is 25.8 Å². The number of hydrogen-bond acceptors (Lipinski definition) is 5. The number of amides is 1. The highest BCUT2D eigenvalue weighted by atomic mass is 32.1. The Kier molecular flexibility index (Phi) is 6.76. The Bertz CT molecular complexity index is 913. The number of hydrogen-bond donors (Lipinski definition) is 1. The van der Waals surface area contributed by atoms with Gasteiger partial charge >= 0.3 is 6.61 Å². The highest BCUT2D eigenvalue weighted by Gasteiger charge is 2.11. The van der Waals surface area contributed by atoms with Crippen LogP contribution in [0.2, 0.25) is 0 Å². The summed E-state index contributed by atoms with van der Waals surface area (Å²) in [5, 5.41) is 3.81. The molecule has 0 aliphatic rings. The summed E-state index contributed by atoms with van der Waals surface area (Å²) >= 11 is 1.60. The molecular formula is C20H20F2N2O3S. The number of para-hydroxylation sites is 1. The summed E-state index contributed by atoms with van der Waals surface area (Å²) in [4.78, 5) is 16.6. The number of benzene rings is 2. The van der Waals surface area contributed by atoms with E-state index in [-0.39, 0.29) is 17.4 Å². The third kappa shape index (κ3) is 5.39. The molecule has 8 heteroatoms. The molecule has 0 aliphatic heterocycles. The molecule has 0 saturated carbocycles. The van der Waals surface area contributed by atoms with Gasteiger partial charge in [-0.1, -0.05) is 18.2 Å². The number of methoxy groups -OCH3 is 1. The van der Waals surface area contributed by atoms with Crippen molar-refractivity contribution in [3.8, 4) is 11.5 Å². The van der Waals surface area contributed by atoms with Crippen LogP contribution >= 0.6 is 11.3 Å². The quantitative estimate of drug-likeness (QED) is 0.579. The summed E-state index contributed by atoms with van der Waals surface area (Å²) < 4.78 is 35.3. The van der Waals surface area contributed by atoms with Gasteiger partial charge in [-0.25, -0.2) is 4.98 Å². The van der Waals surface area contributed by atoms with Crippen LogP contribution in [0.1, 0.15) is 17.0 Å². The number of carbonyl (C=O) groups excluding carboxylic acids is 1. The fourth-order valence-corrected chi connectivity index (χ4v) is 3.71. The lowest BCUT2D eigenvalue weighted by molar-refractivity contribution is -0.121. The second-order valence-electron chi connectivity index (χ2n) is 6.04. The van der Waals surface area contributed by atoms with Gasteiger partial charge < -0.3 is 14.8 Å². The number of fused-ring (bicyclic) bond motifs is 1. The number of rotatable bonds is 9. The van der Waals surface area contributed by atoms with E-state index in [1.165, 1.54) is 13.2 Å². The molecule has 5 nitrogen and oxygen atoms in total. The third-order valence-corrected chi connectivity index (χ3v) is 5.18. The van der Waals surface area contributed by atoms with Crippen LogP contribution in [0.25, 0.3) is 10.2 Å². The minimum Gasteiger partial charge on any atom is -0.493 e. The van der Waals surface area contributed by atoms with Gasteiger partial charge in [-0.05, 0) is 36.2 Å². The largest absolute Gasteiger partial charge is 0.493 e. The number of ether oxygens (including phenoxy) is 2. The summed E-state index contributed by atoms with van der Waals surface area (Å²) in [6.07, 6.45) is 1.52. The summed E-state index contributed by atoms with van der Waals surface area (Å²) in [5.74, 6) is 0.171. The van der Waals surface area contributed by atoms with E-state index in [1.54, 1.807) is 23.5 Å². The molecule has 148 valence electrons. The SMILES string of the molecule is COc1cc(CCNC(=O)CCc2nc3ccccc3s2)ccc1OC(F)F. The van der Waals surface area contributed by atoms with Crippen molar-refractivity contribution in [2.24, 2.45) is 0 Å². The van der Waals surface area contributed by atoms with E-state index in [0.717, 1.165) is 20.8 Å². The maximum absolute atomic E-state index is 12.4. The second-order valence-corrected chi connectivity index (χ2v) is 7.15. The molecular weight excluding hydrogens is 386 g/mol. The zero-order valence-corrected chi connectivity index (χ0v) is 16.1. The summed E-state index contributed by atoms with van der Waals surface area (Å²) in [6.45, 7) is -2.47. The number of alkyl halides is 2. The summed E-state index contributed by atoms with van der Waals surface area (Å²) in [5.41, 5.74) is 1.81. The van der Waals surface area contributed by atoms with Crippen LogP contribution in [0, 0.1) is 0 Å². The van der Waals surface area contributed by atoms with Gasteiger partial charge in [0.25, 0.3) is 0 Å². The molecule has 0 spiro atoms. The Morgan fingerprint density at radius 1 is 1.18 bits per heavy atom. The molecule has 28 heavy (non-hydrogen) atoms. The van der Waals surface area contributed by atoms with Crippen molar-refractivity contribution in [2.75, 3.05) is 13.7 Å². The first-order valence-electron chi connectivity index (χ1n) is 8.78. The Hall–Kier alpha value is -2.74. The van der Waals surface area contributed by atoms with Crippen molar-refractivity contribution < 1.29 is 23.0 Å². The molecule has 0 aliphatic carbocycles. The molecule has 0 unspecified atom stereocenters. The number of thiazole rings is 1. The Labute approximate surface area is 165 Å². The maximum Gasteiger partial charge on any atom is 0.387 e. The van der Waals surface area contributed by atoms with Crippen molar-refractivity contribution in [2.45, 2.75) is 25.9 Å². The van der Waals surface area contributed by atoms with E-state index in [9.17, 15) is 13.6 Å². The number of aromatic nitrogens is 1. The van der Waals surface area contributed by atoms with Crippen molar-refractivity contribution in [1.29, 1.82) is 0 Å². The standard InChI is InChI=1S/C20H20F2N2O3S/c1-26-16-12-13(6-7-15(16)27-20(21)22)10-11-23-18(25)8-9-19-24-14-4-2-3-5-17(14)28-19/h2-7,12,20H,8-11H2,1H3,(H,23,25). The summed E-state index contributed by atoms with van der Waals surface area (Å²) in [7, 11) is 1.39. The van der Waals surface area contributed by atoms with Crippen molar-refractivity contribution in [3.63, 3.8) is 0 Å². The second kappa shape index (κ2) is 9.45. The van der Waals surface area contributed by atoms with Crippen LogP contribution in [0.5, 0.6) is 11.5 Å². The minimum absolute atomic E-state index is 0.0129. The third-order valence-electron chi connectivity index (χ3n) is 4.08. The van der Waals surface area contributed by atoms with Crippen LogP contribution in [-0.2, 0) is 17.6 Å². The lowest BCUT2D eigenvalue weighted by atomic mass is 10.1. The zero-order valence-electron chi connectivity index (χ0n) is 15.3. The van der Waals surface area contributed by atoms with E-state index in [4.69, 9.17) is 4.74 Å². The average Bonchev–Trinajstić information content (AvgIpc) is 3.10. The van der Waals surface area contributed by atoms with E-state index in [2.05, 4.69) is 15.0 Å². The van der Waals surface area contributed by atoms with Gasteiger partial charge in [0.2, 0.25) is 5.91 Å². The van der Waals surface area contributed by atoms with Crippen molar-refractivity contribution in [3.05, 3.63) is 53.0 Å². The Morgan fingerprint density at radius 3 is 2.75 bits per heavy atom. The number of carbonyl (C=O) groups is 1. The normalized spacial score (nSPS) is 11.0. The molecule has 0 fully saturated rings. The van der Waals surface area contributed by atoms with E-state index < -0.39 is 6.61 Å². The molecule has 0 atom stereocenters. The van der Waals surface area contributed by atoms with Crippen LogP contribution in [0.3, 0.4) is 0 Å². The number of aryl methyl sites for hydroxylation is 1. The highest BCUT2D eigenvalue weighted by molar-refractivity contribution is 7.18. The van der Waals surface area contributed by atoms with Crippen molar-refractivity contribution >= 4 is 27.5 Å². The van der Waals surface area contributed by atoms with Crippen molar-refractivity contribution in [1.82, 2.24) is 10.3 Å². The van der Waals surface area contributed by atoms with Gasteiger partial charge in [-0.2, -0.15) is 8.78 Å². The summed E-state index contributed by atoms with van der Waals surface area (Å²) in [6, 6.07) is 12.6. The fourth-order valence-electron chi connectivity index (χ4n) is 2.74. The zero-order chi connectivity index (χ0) is 19.9. The van der Waals surface area contributed by atoms with Crippen LogP contribution in [-0.4, -0.2) is 31.2 Å². The van der Waals surface area contributed by atoms with Gasteiger partial charge in [0.15, 0.2) is 11.5 Å². The van der Waals surface area contributed by atoms with E-state index in [1.807, 2.05) is 24.3 Å². The highest BCUT2D eigenvalue weighted by Crippen LogP contribution is 2.29. The monoisotopic (exact) mass is 406 g/mol. The fraction of sp³-hybridized carbons (Fsp3) is 0.300. The van der Waals surface area contributed by atoms with Gasteiger partial charge in [0, 0.05) is 19.4 Å². The molecule has 0 saturated heterocycles. The van der Waals surface area contributed by atoms with Crippen LogP contribution < -0.4 is 14.8 Å².